The van der Waals surface area contributed by atoms with Crippen molar-refractivity contribution in [3.8, 4) is 0 Å². The number of likely N-dealkylation sites (N-methyl/N-ethyl adjacent to an activating group) is 1. The third kappa shape index (κ3) is 6.25. The summed E-state index contributed by atoms with van der Waals surface area (Å²) in [4.78, 5) is 27.4. The van der Waals surface area contributed by atoms with Crippen molar-refractivity contribution in [2.45, 2.75) is 12.6 Å². The molecule has 28 heavy (non-hydrogen) atoms. The monoisotopic (exact) mass is 403 g/mol. The highest BCUT2D eigenvalue weighted by Crippen LogP contribution is 2.16. The summed E-state index contributed by atoms with van der Waals surface area (Å²) in [7, 11) is 8.04. The topological polar surface area (TPSA) is 65.9 Å². The number of amides is 2. The Morgan fingerprint density at radius 2 is 1.54 bits per heavy atom. The highest BCUT2D eigenvalue weighted by Gasteiger charge is 2.21. The summed E-state index contributed by atoms with van der Waals surface area (Å²) in [6.07, 6.45) is 0. The molecule has 0 spiro atoms. The number of nitrogens with one attached hydrogen (secondary N) is 3. The molecule has 2 aromatic carbocycles. The number of rotatable bonds is 7. The fourth-order valence-corrected chi connectivity index (χ4v) is 2.93. The minimum atomic E-state index is -0.648. The van der Waals surface area contributed by atoms with Crippen LogP contribution in [-0.2, 0) is 16.1 Å². The summed E-state index contributed by atoms with van der Waals surface area (Å²) >= 11 is 5.84. The Bertz CT molecular complexity index is 789. The summed E-state index contributed by atoms with van der Waals surface area (Å²) < 4.78 is 0. The SMILES string of the molecule is CN(C)c1ccc([C@@H](CNC(=O)C(=O)NCc2ccc(Cl)cc2)[NH+](C)C)cc1. The number of benzene rings is 2. The lowest BCUT2D eigenvalue weighted by Crippen LogP contribution is -3.07. The van der Waals surface area contributed by atoms with E-state index in [4.69, 9.17) is 11.6 Å². The van der Waals surface area contributed by atoms with Gasteiger partial charge in [-0.25, -0.2) is 0 Å². The van der Waals surface area contributed by atoms with Gasteiger partial charge in [-0.05, 0) is 29.8 Å². The first-order chi connectivity index (χ1) is 13.3. The molecule has 0 saturated carbocycles. The number of hydrogen-bond acceptors (Lipinski definition) is 3. The molecule has 0 aromatic heterocycles. The van der Waals surface area contributed by atoms with Crippen molar-refractivity contribution in [3.05, 3.63) is 64.7 Å². The summed E-state index contributed by atoms with van der Waals surface area (Å²) in [6.45, 7) is 0.647. The van der Waals surface area contributed by atoms with Gasteiger partial charge in [-0.15, -0.1) is 0 Å². The molecule has 2 aromatic rings. The van der Waals surface area contributed by atoms with E-state index in [1.54, 1.807) is 12.1 Å². The van der Waals surface area contributed by atoms with Gasteiger partial charge in [-0.2, -0.15) is 0 Å². The molecular weight excluding hydrogens is 376 g/mol. The van der Waals surface area contributed by atoms with Gasteiger partial charge in [0.15, 0.2) is 0 Å². The van der Waals surface area contributed by atoms with Crippen LogP contribution < -0.4 is 20.4 Å². The van der Waals surface area contributed by atoms with Crippen LogP contribution in [0.5, 0.6) is 0 Å². The van der Waals surface area contributed by atoms with E-state index < -0.39 is 11.8 Å². The molecular formula is C21H28ClN4O2+. The molecule has 6 nitrogen and oxygen atoms in total. The molecule has 0 aliphatic rings. The summed E-state index contributed by atoms with van der Waals surface area (Å²) in [5.74, 6) is -1.28. The number of hydrogen-bond donors (Lipinski definition) is 3. The first-order valence-electron chi connectivity index (χ1n) is 9.15. The highest BCUT2D eigenvalue weighted by atomic mass is 35.5. The van der Waals surface area contributed by atoms with Crippen LogP contribution in [-0.4, -0.2) is 46.5 Å². The summed E-state index contributed by atoms with van der Waals surface area (Å²) in [6, 6.07) is 15.4. The first-order valence-corrected chi connectivity index (χ1v) is 9.53. The van der Waals surface area contributed by atoms with Crippen molar-refractivity contribution in [1.82, 2.24) is 10.6 Å². The lowest BCUT2D eigenvalue weighted by atomic mass is 10.1. The van der Waals surface area contributed by atoms with Gasteiger partial charge in [0, 0.05) is 36.9 Å². The Balaban J connectivity index is 1.90. The van der Waals surface area contributed by atoms with E-state index in [-0.39, 0.29) is 12.6 Å². The third-order valence-electron chi connectivity index (χ3n) is 4.55. The quantitative estimate of drug-likeness (QED) is 0.605. The molecule has 2 rings (SSSR count). The number of carbonyl (C=O) groups is 2. The first kappa shape index (κ1) is 21.7. The molecule has 1 atom stereocenters. The van der Waals surface area contributed by atoms with Crippen LogP contribution in [0.2, 0.25) is 5.02 Å². The zero-order valence-electron chi connectivity index (χ0n) is 16.8. The second kappa shape index (κ2) is 10.1. The van der Waals surface area contributed by atoms with Crippen LogP contribution in [0, 0.1) is 0 Å². The van der Waals surface area contributed by atoms with E-state index in [9.17, 15) is 9.59 Å². The highest BCUT2D eigenvalue weighted by molar-refractivity contribution is 6.35. The molecule has 0 saturated heterocycles. The van der Waals surface area contributed by atoms with Crippen LogP contribution in [0.3, 0.4) is 0 Å². The standard InChI is InChI=1S/C21H27ClN4O2/c1-25(2)18-11-7-16(8-12-18)19(26(3)4)14-24-21(28)20(27)23-13-15-5-9-17(22)10-6-15/h5-12,19H,13-14H2,1-4H3,(H,23,27)(H,24,28)/p+1/t19-/m1/s1. The molecule has 0 bridgehead atoms. The van der Waals surface area contributed by atoms with E-state index in [1.807, 2.05) is 57.4 Å². The average molecular weight is 404 g/mol. The van der Waals surface area contributed by atoms with Crippen molar-refractivity contribution < 1.29 is 14.5 Å². The Hall–Kier alpha value is -2.57. The van der Waals surface area contributed by atoms with Gasteiger partial charge in [-0.3, -0.25) is 9.59 Å². The van der Waals surface area contributed by atoms with Gasteiger partial charge >= 0.3 is 11.8 Å². The van der Waals surface area contributed by atoms with Crippen molar-refractivity contribution in [3.63, 3.8) is 0 Å². The minimum absolute atomic E-state index is 0.0456. The number of carbonyl (C=O) groups excluding carboxylic acids is 2. The number of quaternary nitrogens is 1. The van der Waals surface area contributed by atoms with E-state index in [0.29, 0.717) is 11.6 Å². The van der Waals surface area contributed by atoms with Crippen LogP contribution in [0.1, 0.15) is 17.2 Å². The maximum absolute atomic E-state index is 12.2. The van der Waals surface area contributed by atoms with Crippen LogP contribution >= 0.6 is 11.6 Å². The summed E-state index contributed by atoms with van der Waals surface area (Å²) in [5.41, 5.74) is 3.09. The molecule has 0 unspecified atom stereocenters. The number of halogens is 1. The van der Waals surface area contributed by atoms with E-state index >= 15 is 0 Å². The van der Waals surface area contributed by atoms with Crippen molar-refractivity contribution >= 4 is 29.1 Å². The normalized spacial score (nSPS) is 11.8. The fourth-order valence-electron chi connectivity index (χ4n) is 2.80. The van der Waals surface area contributed by atoms with Gasteiger partial charge in [0.05, 0.1) is 20.6 Å². The molecule has 150 valence electrons. The maximum atomic E-state index is 12.2. The lowest BCUT2D eigenvalue weighted by molar-refractivity contribution is -0.890. The minimum Gasteiger partial charge on any atom is -0.378 e. The zero-order valence-corrected chi connectivity index (χ0v) is 17.5. The Kier molecular flexibility index (Phi) is 7.84. The van der Waals surface area contributed by atoms with Gasteiger partial charge in [-0.1, -0.05) is 35.9 Å². The molecule has 0 aliphatic carbocycles. The number of nitrogens with zero attached hydrogens (tertiary/aromatic N) is 1. The average Bonchev–Trinajstić information content (AvgIpc) is 2.67. The predicted octanol–water partition coefficient (Wildman–Crippen LogP) is 1.02. The molecule has 0 fully saturated rings. The largest absolute Gasteiger partial charge is 0.378 e. The van der Waals surface area contributed by atoms with Gasteiger partial charge < -0.3 is 20.4 Å². The molecule has 0 heterocycles. The van der Waals surface area contributed by atoms with Crippen molar-refractivity contribution in [1.29, 1.82) is 0 Å². The molecule has 0 radical (unpaired) electrons. The molecule has 0 aliphatic heterocycles. The fraction of sp³-hybridized carbons (Fsp3) is 0.333. The maximum Gasteiger partial charge on any atom is 0.309 e. The van der Waals surface area contributed by atoms with Crippen molar-refractivity contribution in [2.24, 2.45) is 0 Å². The van der Waals surface area contributed by atoms with Crippen molar-refractivity contribution in [2.75, 3.05) is 39.6 Å². The lowest BCUT2D eigenvalue weighted by Gasteiger charge is -2.23. The second-order valence-electron chi connectivity index (χ2n) is 7.14. The Labute approximate surface area is 171 Å². The van der Waals surface area contributed by atoms with Gasteiger partial charge in [0.1, 0.15) is 6.04 Å². The van der Waals surface area contributed by atoms with Gasteiger partial charge in [0.2, 0.25) is 0 Å². The molecule has 2 amide bonds. The smallest absolute Gasteiger partial charge is 0.309 e. The van der Waals surface area contributed by atoms with Gasteiger partial charge in [0.25, 0.3) is 0 Å². The Morgan fingerprint density at radius 1 is 0.964 bits per heavy atom. The van der Waals surface area contributed by atoms with Crippen LogP contribution in [0.4, 0.5) is 5.69 Å². The molecule has 3 N–H and O–H groups in total. The summed E-state index contributed by atoms with van der Waals surface area (Å²) in [5, 5.41) is 5.99. The van der Waals surface area contributed by atoms with Crippen LogP contribution in [0.15, 0.2) is 48.5 Å². The second-order valence-corrected chi connectivity index (χ2v) is 7.57. The number of anilines is 1. The predicted molar refractivity (Wildman–Crippen MR) is 113 cm³/mol. The zero-order chi connectivity index (χ0) is 20.7. The Morgan fingerprint density at radius 3 is 2.07 bits per heavy atom. The van der Waals surface area contributed by atoms with E-state index in [0.717, 1.165) is 16.8 Å². The van der Waals surface area contributed by atoms with E-state index in [2.05, 4.69) is 22.8 Å². The third-order valence-corrected chi connectivity index (χ3v) is 4.80. The van der Waals surface area contributed by atoms with Crippen LogP contribution in [0.25, 0.3) is 0 Å². The van der Waals surface area contributed by atoms with E-state index in [1.165, 1.54) is 4.90 Å². The molecule has 7 heteroatoms.